The summed E-state index contributed by atoms with van der Waals surface area (Å²) in [5, 5.41) is 0.879. The van der Waals surface area contributed by atoms with Crippen LogP contribution in [0.15, 0.2) is 46.2 Å². The van der Waals surface area contributed by atoms with Gasteiger partial charge in [-0.05, 0) is 64.1 Å². The third-order valence-electron chi connectivity index (χ3n) is 4.67. The van der Waals surface area contributed by atoms with E-state index in [9.17, 15) is 0 Å². The Hall–Kier alpha value is -1.66. The Bertz CT molecular complexity index is 667. The molecular weight excluding hydrogens is 372 g/mol. The summed E-state index contributed by atoms with van der Waals surface area (Å²) in [6.45, 7) is 12.6. The fourth-order valence-corrected chi connectivity index (χ4v) is 5.09. The SMILES string of the molecule is CCN(CC)c1ccc(SCSc2ccc(N(CC)CC)cc2N)c(N)c1. The number of nitrogens with two attached hydrogens (primary N) is 2. The monoisotopic (exact) mass is 404 g/mol. The number of hydrogen-bond acceptors (Lipinski definition) is 6. The lowest BCUT2D eigenvalue weighted by atomic mass is 10.2. The van der Waals surface area contributed by atoms with Gasteiger partial charge in [-0.25, -0.2) is 0 Å². The van der Waals surface area contributed by atoms with Crippen LogP contribution in [0.1, 0.15) is 27.7 Å². The van der Waals surface area contributed by atoms with E-state index >= 15 is 0 Å². The summed E-state index contributed by atoms with van der Waals surface area (Å²) in [5.74, 6) is 0. The predicted octanol–water partition coefficient (Wildman–Crippen LogP) is 5.39. The highest BCUT2D eigenvalue weighted by Crippen LogP contribution is 2.36. The maximum atomic E-state index is 6.27. The van der Waals surface area contributed by atoms with Gasteiger partial charge in [0.05, 0.1) is 0 Å². The lowest BCUT2D eigenvalue weighted by Gasteiger charge is -2.22. The topological polar surface area (TPSA) is 58.5 Å². The Morgan fingerprint density at radius 3 is 1.33 bits per heavy atom. The van der Waals surface area contributed by atoms with E-state index in [4.69, 9.17) is 11.5 Å². The first-order valence-electron chi connectivity index (χ1n) is 9.58. The summed E-state index contributed by atoms with van der Waals surface area (Å²) in [6, 6.07) is 12.7. The van der Waals surface area contributed by atoms with Gasteiger partial charge in [0, 0.05) is 63.8 Å². The molecule has 0 amide bonds. The van der Waals surface area contributed by atoms with Crippen molar-refractivity contribution in [1.29, 1.82) is 0 Å². The Kier molecular flexibility index (Phi) is 8.51. The third kappa shape index (κ3) is 5.66. The van der Waals surface area contributed by atoms with Crippen molar-refractivity contribution in [2.45, 2.75) is 37.5 Å². The van der Waals surface area contributed by atoms with Gasteiger partial charge in [0.25, 0.3) is 0 Å². The number of nitrogen functional groups attached to an aromatic ring is 2. The lowest BCUT2D eigenvalue weighted by molar-refractivity contribution is 0.866. The molecule has 0 spiro atoms. The molecule has 0 radical (unpaired) electrons. The van der Waals surface area contributed by atoms with E-state index in [-0.39, 0.29) is 0 Å². The summed E-state index contributed by atoms with van der Waals surface area (Å²) in [7, 11) is 0. The second kappa shape index (κ2) is 10.6. The summed E-state index contributed by atoms with van der Waals surface area (Å²) in [4.78, 5) is 6.85. The Morgan fingerprint density at radius 1 is 0.667 bits per heavy atom. The second-order valence-corrected chi connectivity index (χ2v) is 8.60. The van der Waals surface area contributed by atoms with E-state index in [0.717, 1.165) is 52.4 Å². The zero-order chi connectivity index (χ0) is 19.8. The van der Waals surface area contributed by atoms with Crippen molar-refractivity contribution in [3.05, 3.63) is 36.4 Å². The van der Waals surface area contributed by atoms with Gasteiger partial charge >= 0.3 is 0 Å². The van der Waals surface area contributed by atoms with Crippen molar-refractivity contribution in [2.24, 2.45) is 0 Å². The second-order valence-electron chi connectivity index (χ2n) is 6.20. The molecule has 4 N–H and O–H groups in total. The van der Waals surface area contributed by atoms with Crippen molar-refractivity contribution in [3.63, 3.8) is 0 Å². The van der Waals surface area contributed by atoms with E-state index in [1.807, 2.05) is 0 Å². The molecule has 0 aliphatic carbocycles. The summed E-state index contributed by atoms with van der Waals surface area (Å²) >= 11 is 3.52. The molecule has 0 saturated heterocycles. The maximum Gasteiger partial charge on any atom is 0.0488 e. The molecule has 27 heavy (non-hydrogen) atoms. The smallest absolute Gasteiger partial charge is 0.0488 e. The van der Waals surface area contributed by atoms with Gasteiger partial charge in [-0.2, -0.15) is 0 Å². The first-order chi connectivity index (χ1) is 13.0. The van der Waals surface area contributed by atoms with Crippen LogP contribution in [0.4, 0.5) is 22.7 Å². The van der Waals surface area contributed by atoms with Gasteiger partial charge in [-0.15, -0.1) is 23.5 Å². The van der Waals surface area contributed by atoms with Crippen LogP contribution in [0.3, 0.4) is 0 Å². The molecule has 0 fully saturated rings. The molecule has 0 heterocycles. The van der Waals surface area contributed by atoms with E-state index in [2.05, 4.69) is 73.9 Å². The molecule has 2 rings (SSSR count). The fourth-order valence-electron chi connectivity index (χ4n) is 3.06. The number of thioether (sulfide) groups is 2. The average molecular weight is 405 g/mol. The number of anilines is 4. The molecular formula is C21H32N4S2. The summed E-state index contributed by atoms with van der Waals surface area (Å²) in [5.41, 5.74) is 16.6. The molecule has 0 aromatic heterocycles. The molecule has 0 atom stereocenters. The zero-order valence-corrected chi connectivity index (χ0v) is 18.5. The highest BCUT2D eigenvalue weighted by molar-refractivity contribution is 8.16. The number of rotatable bonds is 10. The number of benzene rings is 2. The van der Waals surface area contributed by atoms with Crippen molar-refractivity contribution < 1.29 is 0 Å². The minimum absolute atomic E-state index is 0.842. The average Bonchev–Trinajstić information content (AvgIpc) is 2.67. The first kappa shape index (κ1) is 21.6. The van der Waals surface area contributed by atoms with Gasteiger partial charge in [0.15, 0.2) is 0 Å². The predicted molar refractivity (Wildman–Crippen MR) is 125 cm³/mol. The van der Waals surface area contributed by atoms with Crippen LogP contribution >= 0.6 is 23.5 Å². The van der Waals surface area contributed by atoms with Gasteiger partial charge in [0.2, 0.25) is 0 Å². The van der Waals surface area contributed by atoms with Crippen molar-refractivity contribution in [1.82, 2.24) is 0 Å². The van der Waals surface area contributed by atoms with Crippen LogP contribution in [0.25, 0.3) is 0 Å². The molecule has 4 nitrogen and oxygen atoms in total. The molecule has 0 aliphatic heterocycles. The quantitative estimate of drug-likeness (QED) is 0.315. The lowest BCUT2D eigenvalue weighted by Crippen LogP contribution is -2.21. The highest BCUT2D eigenvalue weighted by Gasteiger charge is 2.09. The van der Waals surface area contributed by atoms with Crippen LogP contribution in [0.5, 0.6) is 0 Å². The van der Waals surface area contributed by atoms with Crippen molar-refractivity contribution in [3.8, 4) is 0 Å². The van der Waals surface area contributed by atoms with Crippen LogP contribution in [-0.4, -0.2) is 31.3 Å². The maximum absolute atomic E-state index is 6.27. The standard InChI is InChI=1S/C21H32N4S2/c1-5-24(6-2)16-9-11-20(18(22)13-16)26-15-27-21-12-10-17(14-19(21)23)25(7-3)8-4/h9-14H,5-8,15,22-23H2,1-4H3. The summed E-state index contributed by atoms with van der Waals surface area (Å²) in [6.07, 6.45) is 0. The molecule has 0 aliphatic rings. The largest absolute Gasteiger partial charge is 0.398 e. The Morgan fingerprint density at radius 2 is 1.04 bits per heavy atom. The van der Waals surface area contributed by atoms with E-state index in [1.54, 1.807) is 23.5 Å². The highest BCUT2D eigenvalue weighted by atomic mass is 32.2. The summed E-state index contributed by atoms with van der Waals surface area (Å²) < 4.78 is 0. The molecule has 0 saturated carbocycles. The molecule has 0 unspecified atom stereocenters. The Balaban J connectivity index is 1.98. The normalized spacial score (nSPS) is 10.8. The first-order valence-corrected chi connectivity index (χ1v) is 11.6. The molecule has 6 heteroatoms. The van der Waals surface area contributed by atoms with Crippen LogP contribution in [0.2, 0.25) is 0 Å². The van der Waals surface area contributed by atoms with Crippen molar-refractivity contribution in [2.75, 3.05) is 52.5 Å². The molecule has 0 bridgehead atoms. The van der Waals surface area contributed by atoms with Crippen LogP contribution in [-0.2, 0) is 0 Å². The van der Waals surface area contributed by atoms with Gasteiger partial charge < -0.3 is 21.3 Å². The fraction of sp³-hybridized carbons (Fsp3) is 0.429. The molecule has 2 aromatic carbocycles. The van der Waals surface area contributed by atoms with E-state index in [1.165, 1.54) is 11.4 Å². The van der Waals surface area contributed by atoms with E-state index < -0.39 is 0 Å². The minimum atomic E-state index is 0.842. The minimum Gasteiger partial charge on any atom is -0.398 e. The van der Waals surface area contributed by atoms with Crippen molar-refractivity contribution >= 4 is 46.3 Å². The van der Waals surface area contributed by atoms with Crippen LogP contribution < -0.4 is 21.3 Å². The third-order valence-corrected chi connectivity index (χ3v) is 6.98. The number of hydrogen-bond donors (Lipinski definition) is 2. The number of nitrogens with zero attached hydrogens (tertiary/aromatic N) is 2. The van der Waals surface area contributed by atoms with E-state index in [0.29, 0.717) is 0 Å². The zero-order valence-electron chi connectivity index (χ0n) is 16.9. The van der Waals surface area contributed by atoms with Crippen LogP contribution in [0, 0.1) is 0 Å². The van der Waals surface area contributed by atoms with Gasteiger partial charge in [-0.3, -0.25) is 0 Å². The van der Waals surface area contributed by atoms with Gasteiger partial charge in [-0.1, -0.05) is 0 Å². The van der Waals surface area contributed by atoms with Gasteiger partial charge in [0.1, 0.15) is 0 Å². The molecule has 2 aromatic rings. The molecule has 148 valence electrons. The Labute approximate surface area is 172 Å².